The Morgan fingerprint density at radius 1 is 1.10 bits per heavy atom. The minimum absolute atomic E-state index is 0.0687. The van der Waals surface area contributed by atoms with Crippen LogP contribution in [0, 0.1) is 6.92 Å². The SMILES string of the molecule is COCCNC(=O)CN(c1cc(Cl)cc(Cl)c1)S(=O)(=O)c1cc(C)ccc1OC. The number of amides is 1. The molecule has 0 saturated heterocycles. The quantitative estimate of drug-likeness (QED) is 0.580. The van der Waals surface area contributed by atoms with Crippen LogP contribution < -0.4 is 14.4 Å². The molecular weight excluding hydrogens is 439 g/mol. The summed E-state index contributed by atoms with van der Waals surface area (Å²) in [5, 5.41) is 3.09. The number of benzene rings is 2. The van der Waals surface area contributed by atoms with Crippen LogP contribution in [-0.4, -0.2) is 48.2 Å². The highest BCUT2D eigenvalue weighted by Gasteiger charge is 2.30. The molecular formula is C19H22Cl2N2O5S. The van der Waals surface area contributed by atoms with Gasteiger partial charge in [-0.3, -0.25) is 9.10 Å². The summed E-state index contributed by atoms with van der Waals surface area (Å²) in [6.07, 6.45) is 0. The fourth-order valence-corrected chi connectivity index (χ4v) is 4.74. The van der Waals surface area contributed by atoms with Crippen molar-refractivity contribution in [2.45, 2.75) is 11.8 Å². The van der Waals surface area contributed by atoms with E-state index in [0.29, 0.717) is 6.61 Å². The highest BCUT2D eigenvalue weighted by Crippen LogP contribution is 2.33. The second kappa shape index (κ2) is 10.2. The highest BCUT2D eigenvalue weighted by molar-refractivity contribution is 7.93. The Bertz CT molecular complexity index is 962. The Hall–Kier alpha value is -2.00. The molecule has 0 heterocycles. The number of nitrogens with one attached hydrogen (secondary N) is 1. The number of nitrogens with zero attached hydrogens (tertiary/aromatic N) is 1. The van der Waals surface area contributed by atoms with Crippen molar-refractivity contribution >= 4 is 44.8 Å². The first kappa shape index (κ1) is 23.3. The molecule has 1 N–H and O–H groups in total. The van der Waals surface area contributed by atoms with Crippen molar-refractivity contribution in [2.75, 3.05) is 38.2 Å². The van der Waals surface area contributed by atoms with Crippen LogP contribution in [0.2, 0.25) is 10.0 Å². The third-order valence-corrected chi connectivity index (χ3v) is 6.17. The zero-order valence-corrected chi connectivity index (χ0v) is 18.6. The van der Waals surface area contributed by atoms with Gasteiger partial charge in [0.15, 0.2) is 0 Å². The molecule has 7 nitrogen and oxygen atoms in total. The molecule has 1 amide bonds. The number of halogens is 2. The molecule has 10 heteroatoms. The van der Waals surface area contributed by atoms with E-state index >= 15 is 0 Å². The number of anilines is 1. The second-order valence-corrected chi connectivity index (χ2v) is 8.84. The molecule has 0 unspecified atom stereocenters. The predicted molar refractivity (Wildman–Crippen MR) is 114 cm³/mol. The number of carbonyl (C=O) groups excluding carboxylic acids is 1. The number of aryl methyl sites for hydroxylation is 1. The third-order valence-electron chi connectivity index (χ3n) is 3.94. The summed E-state index contributed by atoms with van der Waals surface area (Å²) in [6, 6.07) is 9.10. The van der Waals surface area contributed by atoms with Crippen LogP contribution in [0.1, 0.15) is 5.56 Å². The van der Waals surface area contributed by atoms with E-state index in [-0.39, 0.29) is 32.9 Å². The van der Waals surface area contributed by atoms with Crippen molar-refractivity contribution in [1.82, 2.24) is 5.32 Å². The predicted octanol–water partition coefficient (Wildman–Crippen LogP) is 3.27. The van der Waals surface area contributed by atoms with Crippen LogP contribution in [0.4, 0.5) is 5.69 Å². The molecule has 0 aromatic heterocycles. The van der Waals surface area contributed by atoms with Gasteiger partial charge in [0.05, 0.1) is 19.4 Å². The molecule has 2 aromatic carbocycles. The van der Waals surface area contributed by atoms with Crippen LogP contribution in [-0.2, 0) is 19.6 Å². The maximum Gasteiger partial charge on any atom is 0.268 e. The standard InChI is InChI=1S/C19H22Cl2N2O5S/c1-13-4-5-17(28-3)18(8-13)29(25,26)23(12-19(24)22-6-7-27-2)16-10-14(20)9-15(21)11-16/h4-5,8-11H,6-7,12H2,1-3H3,(H,22,24). The van der Waals surface area contributed by atoms with Gasteiger partial charge < -0.3 is 14.8 Å². The van der Waals surface area contributed by atoms with Crippen molar-refractivity contribution in [1.29, 1.82) is 0 Å². The molecule has 0 atom stereocenters. The van der Waals surface area contributed by atoms with E-state index in [0.717, 1.165) is 9.87 Å². The molecule has 0 spiro atoms. The first-order chi connectivity index (χ1) is 13.7. The molecule has 0 fully saturated rings. The lowest BCUT2D eigenvalue weighted by Gasteiger charge is -2.25. The first-order valence-electron chi connectivity index (χ1n) is 8.58. The van der Waals surface area contributed by atoms with E-state index in [1.165, 1.54) is 38.5 Å². The van der Waals surface area contributed by atoms with Crippen molar-refractivity contribution < 1.29 is 22.7 Å². The Kier molecular flexibility index (Phi) is 8.15. The zero-order valence-electron chi connectivity index (χ0n) is 16.2. The van der Waals surface area contributed by atoms with Crippen molar-refractivity contribution in [3.8, 4) is 5.75 Å². The second-order valence-electron chi connectivity index (χ2n) is 6.14. The number of carbonyl (C=O) groups is 1. The Balaban J connectivity index is 2.54. The van der Waals surface area contributed by atoms with Gasteiger partial charge in [0.25, 0.3) is 10.0 Å². The molecule has 158 valence electrons. The van der Waals surface area contributed by atoms with E-state index in [2.05, 4.69) is 5.32 Å². The fraction of sp³-hybridized carbons (Fsp3) is 0.316. The number of ether oxygens (including phenoxy) is 2. The lowest BCUT2D eigenvalue weighted by Crippen LogP contribution is -2.41. The topological polar surface area (TPSA) is 84.9 Å². The van der Waals surface area contributed by atoms with Gasteiger partial charge in [0.1, 0.15) is 17.2 Å². The van der Waals surface area contributed by atoms with Crippen LogP contribution in [0.15, 0.2) is 41.3 Å². The van der Waals surface area contributed by atoms with Gasteiger partial charge in [-0.15, -0.1) is 0 Å². The minimum Gasteiger partial charge on any atom is -0.495 e. The Morgan fingerprint density at radius 2 is 1.76 bits per heavy atom. The van der Waals surface area contributed by atoms with Crippen LogP contribution in [0.3, 0.4) is 0 Å². The molecule has 0 aliphatic carbocycles. The zero-order chi connectivity index (χ0) is 21.6. The lowest BCUT2D eigenvalue weighted by molar-refractivity contribution is -0.119. The summed E-state index contributed by atoms with van der Waals surface area (Å²) < 4.78 is 38.1. The molecule has 0 radical (unpaired) electrons. The third kappa shape index (κ3) is 5.99. The number of rotatable bonds is 9. The van der Waals surface area contributed by atoms with E-state index in [4.69, 9.17) is 32.7 Å². The minimum atomic E-state index is -4.18. The van der Waals surface area contributed by atoms with Gasteiger partial charge >= 0.3 is 0 Å². The summed E-state index contributed by atoms with van der Waals surface area (Å²) >= 11 is 12.1. The van der Waals surface area contributed by atoms with Crippen molar-refractivity contribution in [3.63, 3.8) is 0 Å². The van der Waals surface area contributed by atoms with Gasteiger partial charge in [-0.2, -0.15) is 0 Å². The summed E-state index contributed by atoms with van der Waals surface area (Å²) in [7, 11) is -1.30. The molecule has 0 aliphatic heterocycles. The molecule has 2 rings (SSSR count). The Morgan fingerprint density at radius 3 is 2.34 bits per heavy atom. The number of hydrogen-bond acceptors (Lipinski definition) is 5. The van der Waals surface area contributed by atoms with Gasteiger partial charge in [0, 0.05) is 23.7 Å². The average molecular weight is 461 g/mol. The number of sulfonamides is 1. The normalized spacial score (nSPS) is 11.2. The average Bonchev–Trinajstić information content (AvgIpc) is 2.65. The molecule has 0 aliphatic rings. The largest absolute Gasteiger partial charge is 0.495 e. The van der Waals surface area contributed by atoms with Crippen molar-refractivity contribution in [3.05, 3.63) is 52.0 Å². The lowest BCUT2D eigenvalue weighted by atomic mass is 10.2. The van der Waals surface area contributed by atoms with Crippen molar-refractivity contribution in [2.24, 2.45) is 0 Å². The Labute approximate surface area is 180 Å². The van der Waals surface area contributed by atoms with Gasteiger partial charge in [-0.1, -0.05) is 29.3 Å². The molecule has 2 aromatic rings. The van der Waals surface area contributed by atoms with Crippen LogP contribution in [0.5, 0.6) is 5.75 Å². The summed E-state index contributed by atoms with van der Waals surface area (Å²) in [5.41, 5.74) is 0.881. The van der Waals surface area contributed by atoms with Gasteiger partial charge in [0.2, 0.25) is 5.91 Å². The maximum atomic E-state index is 13.5. The molecule has 0 saturated carbocycles. The summed E-state index contributed by atoms with van der Waals surface area (Å²) in [6.45, 7) is 1.83. The van der Waals surface area contributed by atoms with Crippen LogP contribution >= 0.6 is 23.2 Å². The van der Waals surface area contributed by atoms with E-state index in [1.54, 1.807) is 19.1 Å². The van der Waals surface area contributed by atoms with E-state index in [1.807, 2.05) is 0 Å². The smallest absolute Gasteiger partial charge is 0.268 e. The van der Waals surface area contributed by atoms with E-state index in [9.17, 15) is 13.2 Å². The maximum absolute atomic E-state index is 13.5. The van der Waals surface area contributed by atoms with E-state index < -0.39 is 22.5 Å². The van der Waals surface area contributed by atoms with Crippen LogP contribution in [0.25, 0.3) is 0 Å². The monoisotopic (exact) mass is 460 g/mol. The molecule has 29 heavy (non-hydrogen) atoms. The summed E-state index contributed by atoms with van der Waals surface area (Å²) in [5.74, 6) is -0.346. The number of hydrogen-bond donors (Lipinski definition) is 1. The summed E-state index contributed by atoms with van der Waals surface area (Å²) in [4.78, 5) is 12.3. The van der Waals surface area contributed by atoms with Gasteiger partial charge in [-0.25, -0.2) is 8.42 Å². The molecule has 0 bridgehead atoms. The highest BCUT2D eigenvalue weighted by atomic mass is 35.5. The number of methoxy groups -OCH3 is 2. The fourth-order valence-electron chi connectivity index (χ4n) is 2.58. The van der Waals surface area contributed by atoms with Gasteiger partial charge in [-0.05, 0) is 42.8 Å². The first-order valence-corrected chi connectivity index (χ1v) is 10.8.